The second kappa shape index (κ2) is 7.98. The van der Waals surface area contributed by atoms with E-state index in [1.54, 1.807) is 0 Å². The quantitative estimate of drug-likeness (QED) is 0.232. The van der Waals surface area contributed by atoms with Crippen LogP contribution in [-0.4, -0.2) is 30.6 Å². The molecule has 4 N–H and O–H groups in total. The fraction of sp³-hybridized carbons (Fsp3) is 0.385. The molecule has 1 aromatic rings. The van der Waals surface area contributed by atoms with Crippen LogP contribution in [0.1, 0.15) is 29.6 Å². The van der Waals surface area contributed by atoms with Gasteiger partial charge in [-0.15, -0.1) is 0 Å². The van der Waals surface area contributed by atoms with E-state index >= 15 is 0 Å². The van der Waals surface area contributed by atoms with Crippen molar-refractivity contribution in [2.24, 2.45) is 10.9 Å². The lowest BCUT2D eigenvalue weighted by Gasteiger charge is -2.07. The van der Waals surface area contributed by atoms with Crippen LogP contribution in [0.3, 0.4) is 0 Å². The van der Waals surface area contributed by atoms with Crippen LogP contribution in [-0.2, 0) is 0 Å². The van der Waals surface area contributed by atoms with Crippen LogP contribution < -0.4 is 15.8 Å². The highest BCUT2D eigenvalue weighted by molar-refractivity contribution is 5.94. The molecule has 1 amide bonds. The molecule has 0 fully saturated rings. The Morgan fingerprint density at radius 1 is 1.50 bits per heavy atom. The predicted octanol–water partition coefficient (Wildman–Crippen LogP) is 1.48. The zero-order valence-electron chi connectivity index (χ0n) is 11.2. The smallest absolute Gasteiger partial charge is 0.251 e. The molecule has 20 heavy (non-hydrogen) atoms. The second-order valence-corrected chi connectivity index (χ2v) is 4.15. The van der Waals surface area contributed by atoms with Crippen LogP contribution in [0.2, 0.25) is 0 Å². The Kier molecular flexibility index (Phi) is 6.28. The van der Waals surface area contributed by atoms with Crippen LogP contribution in [0.4, 0.5) is 4.39 Å². The van der Waals surface area contributed by atoms with Gasteiger partial charge in [-0.3, -0.25) is 4.79 Å². The lowest BCUT2D eigenvalue weighted by atomic mass is 10.2. The molecule has 0 aliphatic rings. The number of unbranched alkanes of at least 4 members (excludes halogenated alkanes) is 1. The third-order valence-corrected chi connectivity index (χ3v) is 2.69. The summed E-state index contributed by atoms with van der Waals surface area (Å²) in [5.41, 5.74) is 5.55. The molecule has 0 heterocycles. The van der Waals surface area contributed by atoms with Gasteiger partial charge in [-0.05, 0) is 31.0 Å². The third kappa shape index (κ3) is 4.75. The minimum Gasteiger partial charge on any atom is -0.494 e. The van der Waals surface area contributed by atoms with Gasteiger partial charge in [0.05, 0.1) is 7.11 Å². The van der Waals surface area contributed by atoms with Crippen molar-refractivity contribution < 1.29 is 19.1 Å². The largest absolute Gasteiger partial charge is 0.494 e. The maximum Gasteiger partial charge on any atom is 0.251 e. The molecule has 1 aromatic carbocycles. The Labute approximate surface area is 116 Å². The number of methoxy groups -OCH3 is 1. The number of oxime groups is 1. The van der Waals surface area contributed by atoms with E-state index in [0.717, 1.165) is 6.07 Å². The number of halogens is 1. The number of carbonyl (C=O) groups excluding carboxylic acids is 1. The van der Waals surface area contributed by atoms with Gasteiger partial charge >= 0.3 is 0 Å². The minimum absolute atomic E-state index is 0.0975. The average Bonchev–Trinajstić information content (AvgIpc) is 2.46. The molecule has 0 unspecified atom stereocenters. The maximum absolute atomic E-state index is 13.4. The zero-order valence-corrected chi connectivity index (χ0v) is 11.2. The van der Waals surface area contributed by atoms with Gasteiger partial charge in [0.15, 0.2) is 11.6 Å². The van der Waals surface area contributed by atoms with Gasteiger partial charge in [-0.1, -0.05) is 5.16 Å². The monoisotopic (exact) mass is 283 g/mol. The fourth-order valence-corrected chi connectivity index (χ4v) is 1.59. The van der Waals surface area contributed by atoms with Crippen molar-refractivity contribution in [3.05, 3.63) is 29.6 Å². The Hall–Kier alpha value is -2.31. The van der Waals surface area contributed by atoms with Gasteiger partial charge in [-0.2, -0.15) is 0 Å². The van der Waals surface area contributed by atoms with Crippen molar-refractivity contribution in [2.75, 3.05) is 13.7 Å². The second-order valence-electron chi connectivity index (χ2n) is 4.15. The van der Waals surface area contributed by atoms with Crippen molar-refractivity contribution >= 4 is 11.7 Å². The van der Waals surface area contributed by atoms with Gasteiger partial charge in [-0.25, -0.2) is 4.39 Å². The number of nitrogens with two attached hydrogens (primary N) is 1. The number of benzene rings is 1. The average molecular weight is 283 g/mol. The molecular formula is C13H18FN3O3. The summed E-state index contributed by atoms with van der Waals surface area (Å²) >= 11 is 0. The van der Waals surface area contributed by atoms with E-state index in [1.807, 2.05) is 0 Å². The van der Waals surface area contributed by atoms with Crippen LogP contribution in [0.25, 0.3) is 0 Å². The van der Waals surface area contributed by atoms with Gasteiger partial charge in [0.1, 0.15) is 5.84 Å². The highest BCUT2D eigenvalue weighted by Gasteiger charge is 2.09. The van der Waals surface area contributed by atoms with Crippen molar-refractivity contribution in [1.29, 1.82) is 0 Å². The van der Waals surface area contributed by atoms with Crippen LogP contribution in [0, 0.1) is 5.82 Å². The molecule has 1 rings (SSSR count). The normalized spacial score (nSPS) is 11.2. The summed E-state index contributed by atoms with van der Waals surface area (Å²) < 4.78 is 18.2. The summed E-state index contributed by atoms with van der Waals surface area (Å²) in [5.74, 6) is -0.670. The number of amides is 1. The number of hydrogen-bond acceptors (Lipinski definition) is 4. The van der Waals surface area contributed by atoms with E-state index < -0.39 is 5.82 Å². The van der Waals surface area contributed by atoms with Gasteiger partial charge < -0.3 is 21.0 Å². The van der Waals surface area contributed by atoms with Gasteiger partial charge in [0, 0.05) is 18.5 Å². The third-order valence-electron chi connectivity index (χ3n) is 2.69. The molecule has 0 radical (unpaired) electrons. The van der Waals surface area contributed by atoms with Gasteiger partial charge in [0.25, 0.3) is 5.91 Å². The summed E-state index contributed by atoms with van der Waals surface area (Å²) in [6.45, 7) is 0.436. The SMILES string of the molecule is COc1ccc(C(=O)NCCCCC(N)=NO)cc1F. The number of hydrogen-bond donors (Lipinski definition) is 3. The molecule has 6 nitrogen and oxygen atoms in total. The predicted molar refractivity (Wildman–Crippen MR) is 72.5 cm³/mol. The van der Waals surface area contributed by atoms with E-state index in [9.17, 15) is 9.18 Å². The Balaban J connectivity index is 2.38. The fourth-order valence-electron chi connectivity index (χ4n) is 1.59. The Morgan fingerprint density at radius 2 is 2.25 bits per heavy atom. The van der Waals surface area contributed by atoms with E-state index in [2.05, 4.69) is 10.5 Å². The highest BCUT2D eigenvalue weighted by Crippen LogP contribution is 2.17. The maximum atomic E-state index is 13.4. The van der Waals surface area contributed by atoms with E-state index in [-0.39, 0.29) is 23.1 Å². The molecule has 0 bridgehead atoms. The molecule has 0 saturated carbocycles. The number of rotatable bonds is 7. The van der Waals surface area contributed by atoms with E-state index in [4.69, 9.17) is 15.7 Å². The molecule has 0 atom stereocenters. The van der Waals surface area contributed by atoms with Crippen LogP contribution >= 0.6 is 0 Å². The van der Waals surface area contributed by atoms with Crippen molar-refractivity contribution in [3.63, 3.8) is 0 Å². The Bertz CT molecular complexity index is 492. The van der Waals surface area contributed by atoms with Gasteiger partial charge in [0.2, 0.25) is 0 Å². The number of ether oxygens (including phenoxy) is 1. The first-order valence-electron chi connectivity index (χ1n) is 6.16. The number of carbonyl (C=O) groups is 1. The first-order chi connectivity index (χ1) is 9.58. The standard InChI is InChI=1S/C13H18FN3O3/c1-20-11-6-5-9(8-10(11)14)13(18)16-7-3-2-4-12(15)17-19/h5-6,8,19H,2-4,7H2,1H3,(H2,15,17)(H,16,18). The molecule has 7 heteroatoms. The minimum atomic E-state index is -0.577. The summed E-state index contributed by atoms with van der Waals surface area (Å²) in [4.78, 5) is 11.7. The number of amidine groups is 1. The molecule has 0 saturated heterocycles. The van der Waals surface area contributed by atoms with E-state index in [0.29, 0.717) is 25.8 Å². The Morgan fingerprint density at radius 3 is 2.85 bits per heavy atom. The van der Waals surface area contributed by atoms with E-state index in [1.165, 1.54) is 19.2 Å². The molecule has 0 aliphatic heterocycles. The molecular weight excluding hydrogens is 265 g/mol. The molecule has 0 aromatic heterocycles. The van der Waals surface area contributed by atoms with Crippen LogP contribution in [0.15, 0.2) is 23.4 Å². The first-order valence-corrected chi connectivity index (χ1v) is 6.16. The molecule has 110 valence electrons. The van der Waals surface area contributed by atoms with Crippen LogP contribution in [0.5, 0.6) is 5.75 Å². The lowest BCUT2D eigenvalue weighted by molar-refractivity contribution is 0.0952. The lowest BCUT2D eigenvalue weighted by Crippen LogP contribution is -2.24. The summed E-state index contributed by atoms with van der Waals surface area (Å²) in [6, 6.07) is 4.03. The highest BCUT2D eigenvalue weighted by atomic mass is 19.1. The van der Waals surface area contributed by atoms with Crippen molar-refractivity contribution in [3.8, 4) is 5.75 Å². The molecule has 0 spiro atoms. The number of nitrogens with one attached hydrogen (secondary N) is 1. The summed E-state index contributed by atoms with van der Waals surface area (Å²) in [5, 5.41) is 13.9. The van der Waals surface area contributed by atoms with Crippen molar-refractivity contribution in [2.45, 2.75) is 19.3 Å². The summed E-state index contributed by atoms with van der Waals surface area (Å²) in [6.07, 6.45) is 1.83. The zero-order chi connectivity index (χ0) is 15.0. The topological polar surface area (TPSA) is 96.9 Å². The number of nitrogens with zero attached hydrogens (tertiary/aromatic N) is 1. The first kappa shape index (κ1) is 15.7. The van der Waals surface area contributed by atoms with Crippen molar-refractivity contribution in [1.82, 2.24) is 5.32 Å². The molecule has 0 aliphatic carbocycles. The summed E-state index contributed by atoms with van der Waals surface area (Å²) in [7, 11) is 1.36.